The van der Waals surface area contributed by atoms with Crippen LogP contribution in [0.2, 0.25) is 0 Å². The van der Waals surface area contributed by atoms with Gasteiger partial charge in [0.25, 0.3) is 0 Å². The fraction of sp³-hybridized carbons (Fsp3) is 0. The summed E-state index contributed by atoms with van der Waals surface area (Å²) in [5.74, 6) is 0. The van der Waals surface area contributed by atoms with E-state index < -0.39 is 0 Å². The highest BCUT2D eigenvalue weighted by atomic mass is 16.3. The van der Waals surface area contributed by atoms with Crippen molar-refractivity contribution in [3.63, 3.8) is 0 Å². The van der Waals surface area contributed by atoms with Crippen LogP contribution in [0.3, 0.4) is 0 Å². The van der Waals surface area contributed by atoms with Gasteiger partial charge in [0, 0.05) is 16.2 Å². The third-order valence-electron chi connectivity index (χ3n) is 9.62. The van der Waals surface area contributed by atoms with Crippen LogP contribution < -0.4 is 0 Å². The molecule has 2 nitrogen and oxygen atoms in total. The van der Waals surface area contributed by atoms with Gasteiger partial charge < -0.3 is 4.42 Å². The minimum Gasteiger partial charge on any atom is -0.438 e. The molecule has 0 spiro atoms. The third kappa shape index (κ3) is 4.09. The number of fused-ring (bicyclic) bond motifs is 7. The van der Waals surface area contributed by atoms with Gasteiger partial charge in [-0.25, -0.2) is 4.98 Å². The van der Waals surface area contributed by atoms with Gasteiger partial charge >= 0.3 is 0 Å². The van der Waals surface area contributed by atoms with Crippen LogP contribution in [0.25, 0.3) is 98.7 Å². The maximum absolute atomic E-state index is 6.05. The average Bonchev–Trinajstić information content (AvgIpc) is 3.49. The summed E-state index contributed by atoms with van der Waals surface area (Å²) in [4.78, 5) is 4.87. The quantitative estimate of drug-likeness (QED) is 0.189. The zero-order valence-electron chi connectivity index (χ0n) is 25.4. The number of rotatable bonds is 3. The molecule has 10 rings (SSSR count). The predicted octanol–water partition coefficient (Wildman–Crippen LogP) is 12.6. The van der Waals surface area contributed by atoms with Crippen molar-refractivity contribution >= 4 is 65.3 Å². The molecule has 2 aromatic heterocycles. The van der Waals surface area contributed by atoms with Crippen molar-refractivity contribution in [3.8, 4) is 33.4 Å². The van der Waals surface area contributed by atoms with Gasteiger partial charge in [-0.05, 0) is 102 Å². The van der Waals surface area contributed by atoms with Gasteiger partial charge in [-0.15, -0.1) is 0 Å². The van der Waals surface area contributed by atoms with Crippen molar-refractivity contribution < 1.29 is 4.42 Å². The summed E-state index contributed by atoms with van der Waals surface area (Å²) in [6, 6.07) is 59.0. The zero-order chi connectivity index (χ0) is 30.9. The monoisotopic (exact) mass is 597 g/mol. The van der Waals surface area contributed by atoms with E-state index in [1.807, 2.05) is 18.2 Å². The van der Waals surface area contributed by atoms with Crippen molar-refractivity contribution in [2.75, 3.05) is 0 Å². The molecule has 0 radical (unpaired) electrons. The number of nitrogens with zero attached hydrogens (tertiary/aromatic N) is 1. The summed E-state index contributed by atoms with van der Waals surface area (Å²) in [6.07, 6.45) is 0. The molecule has 0 aliphatic heterocycles. The Balaban J connectivity index is 1.17. The number of aromatic nitrogens is 1. The summed E-state index contributed by atoms with van der Waals surface area (Å²) in [5.41, 5.74) is 9.79. The molecule has 0 bridgehead atoms. The second kappa shape index (κ2) is 10.1. The highest BCUT2D eigenvalue weighted by Crippen LogP contribution is 2.44. The average molecular weight is 598 g/mol. The van der Waals surface area contributed by atoms with Crippen LogP contribution >= 0.6 is 0 Å². The number of hydrogen-bond acceptors (Lipinski definition) is 2. The molecular weight excluding hydrogens is 571 g/mol. The lowest BCUT2D eigenvalue weighted by Gasteiger charge is -2.18. The van der Waals surface area contributed by atoms with E-state index in [-0.39, 0.29) is 0 Å². The van der Waals surface area contributed by atoms with Gasteiger partial charge in [0.2, 0.25) is 5.71 Å². The molecule has 0 atom stereocenters. The molecule has 0 unspecified atom stereocenters. The first-order chi connectivity index (χ1) is 23.3. The molecule has 10 aromatic rings. The lowest BCUT2D eigenvalue weighted by Crippen LogP contribution is -1.91. The molecule has 0 aliphatic rings. The number of hydrogen-bond donors (Lipinski definition) is 0. The summed E-state index contributed by atoms with van der Waals surface area (Å²) >= 11 is 0. The van der Waals surface area contributed by atoms with Gasteiger partial charge in [0.15, 0.2) is 0 Å². The lowest BCUT2D eigenvalue weighted by molar-refractivity contribution is 0.656. The maximum Gasteiger partial charge on any atom is 0.227 e. The summed E-state index contributed by atoms with van der Waals surface area (Å²) in [7, 11) is 0. The summed E-state index contributed by atoms with van der Waals surface area (Å²) in [5, 5.41) is 10.8. The van der Waals surface area contributed by atoms with E-state index in [0.29, 0.717) is 5.71 Å². The molecule has 0 saturated heterocycles. The van der Waals surface area contributed by atoms with Crippen molar-refractivity contribution in [1.29, 1.82) is 0 Å². The first kappa shape index (κ1) is 26.0. The molecule has 0 amide bonds. The van der Waals surface area contributed by atoms with E-state index in [9.17, 15) is 0 Å². The predicted molar refractivity (Wildman–Crippen MR) is 198 cm³/mol. The molecular formula is C45H27NO. The minimum atomic E-state index is 0.680. The van der Waals surface area contributed by atoms with Gasteiger partial charge in [-0.2, -0.15) is 0 Å². The van der Waals surface area contributed by atoms with Crippen molar-refractivity contribution in [3.05, 3.63) is 164 Å². The highest BCUT2D eigenvalue weighted by Gasteiger charge is 2.17. The van der Waals surface area contributed by atoms with E-state index in [4.69, 9.17) is 9.40 Å². The fourth-order valence-corrected chi connectivity index (χ4v) is 7.44. The van der Waals surface area contributed by atoms with Crippen LogP contribution in [0.1, 0.15) is 0 Å². The molecule has 8 aromatic carbocycles. The third-order valence-corrected chi connectivity index (χ3v) is 9.62. The molecule has 0 aliphatic carbocycles. The fourth-order valence-electron chi connectivity index (χ4n) is 7.44. The molecule has 2 heteroatoms. The van der Waals surface area contributed by atoms with Crippen molar-refractivity contribution in [2.45, 2.75) is 0 Å². The Morgan fingerprint density at radius 1 is 0.340 bits per heavy atom. The van der Waals surface area contributed by atoms with Gasteiger partial charge in [-0.3, -0.25) is 0 Å². The Hall–Kier alpha value is -6.25. The van der Waals surface area contributed by atoms with Crippen LogP contribution in [-0.4, -0.2) is 4.98 Å². The standard InChI is InChI=1S/C45H27NO/c1-2-11-29-24-33(21-20-28(29)10-1)44-38-17-5-3-15-36(38)43(37-16-4-6-18-39(37)44)32-13-9-12-30(25-32)31-22-23-41-34(26-31)27-40-35-14-7-8-19-42(35)47-45(40)46-41/h1-27H. The van der Waals surface area contributed by atoms with Crippen LogP contribution in [0.15, 0.2) is 168 Å². The molecule has 0 fully saturated rings. The molecule has 0 saturated carbocycles. The van der Waals surface area contributed by atoms with E-state index in [0.717, 1.165) is 32.8 Å². The Morgan fingerprint density at radius 3 is 1.64 bits per heavy atom. The Bertz CT molecular complexity index is 2800. The normalized spacial score (nSPS) is 11.8. The zero-order valence-corrected chi connectivity index (χ0v) is 25.4. The Labute approximate surface area is 271 Å². The lowest BCUT2D eigenvalue weighted by atomic mass is 9.85. The van der Waals surface area contributed by atoms with Crippen LogP contribution in [0.4, 0.5) is 0 Å². The SMILES string of the molecule is c1cc(-c2ccc3nc4oc5ccccc5c4cc3c2)cc(-c2c3ccccc3c(-c3ccc4ccccc4c3)c3ccccc23)c1. The smallest absolute Gasteiger partial charge is 0.227 e. The first-order valence-electron chi connectivity index (χ1n) is 16.0. The molecule has 47 heavy (non-hydrogen) atoms. The Morgan fingerprint density at radius 2 is 0.894 bits per heavy atom. The molecule has 0 N–H and O–H groups in total. The van der Waals surface area contributed by atoms with Crippen molar-refractivity contribution in [1.82, 2.24) is 4.98 Å². The van der Waals surface area contributed by atoms with Gasteiger partial charge in [0.05, 0.1) is 5.52 Å². The second-order valence-electron chi connectivity index (χ2n) is 12.3. The largest absolute Gasteiger partial charge is 0.438 e. The van der Waals surface area contributed by atoms with E-state index in [1.54, 1.807) is 0 Å². The van der Waals surface area contributed by atoms with Crippen LogP contribution in [-0.2, 0) is 0 Å². The number of benzene rings is 8. The molecule has 218 valence electrons. The number of pyridine rings is 1. The van der Waals surface area contributed by atoms with E-state index in [1.165, 1.54) is 60.1 Å². The summed E-state index contributed by atoms with van der Waals surface area (Å²) < 4.78 is 6.05. The van der Waals surface area contributed by atoms with Crippen LogP contribution in [0.5, 0.6) is 0 Å². The first-order valence-corrected chi connectivity index (χ1v) is 16.0. The van der Waals surface area contributed by atoms with E-state index >= 15 is 0 Å². The second-order valence-corrected chi connectivity index (χ2v) is 12.3. The molecule has 2 heterocycles. The van der Waals surface area contributed by atoms with Crippen molar-refractivity contribution in [2.24, 2.45) is 0 Å². The van der Waals surface area contributed by atoms with Gasteiger partial charge in [-0.1, -0.05) is 127 Å². The van der Waals surface area contributed by atoms with Gasteiger partial charge in [0.1, 0.15) is 5.58 Å². The number of furan rings is 1. The van der Waals surface area contributed by atoms with Crippen LogP contribution in [0, 0.1) is 0 Å². The number of para-hydroxylation sites is 1. The summed E-state index contributed by atoms with van der Waals surface area (Å²) in [6.45, 7) is 0. The Kier molecular flexibility index (Phi) is 5.61. The maximum atomic E-state index is 6.05. The highest BCUT2D eigenvalue weighted by molar-refractivity contribution is 6.22. The minimum absolute atomic E-state index is 0.680. The topological polar surface area (TPSA) is 26.0 Å². The van der Waals surface area contributed by atoms with E-state index in [2.05, 4.69) is 146 Å².